The molecule has 1 unspecified atom stereocenters. The molecule has 0 saturated carbocycles. The number of nitrogens with zero attached hydrogens (tertiary/aromatic N) is 1. The Bertz CT molecular complexity index is 1280. The molecular formula is C30H48N4O7S. The number of anilines is 1. The fourth-order valence-corrected chi connectivity index (χ4v) is 6.68. The van der Waals surface area contributed by atoms with Crippen molar-refractivity contribution in [2.45, 2.75) is 93.1 Å². The summed E-state index contributed by atoms with van der Waals surface area (Å²) in [7, 11) is 0.204. The number of sulfonamides is 1. The van der Waals surface area contributed by atoms with Crippen molar-refractivity contribution in [1.82, 2.24) is 15.3 Å². The second-order valence-corrected chi connectivity index (χ2v) is 13.0. The lowest BCUT2D eigenvalue weighted by molar-refractivity contribution is -0.121. The zero-order chi connectivity index (χ0) is 31.6. The van der Waals surface area contributed by atoms with Gasteiger partial charge < -0.3 is 36.0 Å². The summed E-state index contributed by atoms with van der Waals surface area (Å²) in [6.45, 7) is 0.405. The van der Waals surface area contributed by atoms with Crippen molar-refractivity contribution >= 4 is 32.4 Å². The van der Waals surface area contributed by atoms with Gasteiger partial charge in [-0.05, 0) is 37.8 Å². The lowest BCUT2D eigenvalue weighted by Crippen LogP contribution is -2.65. The van der Waals surface area contributed by atoms with Crippen LogP contribution < -0.4 is 20.2 Å². The molecule has 0 spiro atoms. The monoisotopic (exact) mass is 609 g/mol. The van der Waals surface area contributed by atoms with Crippen molar-refractivity contribution in [3.05, 3.63) is 36.4 Å². The van der Waals surface area contributed by atoms with Crippen LogP contribution in [0.2, 0.25) is 1.41 Å². The molecule has 2 aromatic carbocycles. The zero-order valence-corrected chi connectivity index (χ0v) is 25.5. The van der Waals surface area contributed by atoms with E-state index in [1.54, 1.807) is 12.1 Å². The van der Waals surface area contributed by atoms with Gasteiger partial charge in [-0.25, -0.2) is 13.1 Å². The second-order valence-electron chi connectivity index (χ2n) is 11.2. The number of piperidine rings is 1. The summed E-state index contributed by atoms with van der Waals surface area (Å²) in [5, 5.41) is 45.0. The van der Waals surface area contributed by atoms with E-state index in [9.17, 15) is 33.6 Å². The molecule has 0 bridgehead atoms. The molecule has 0 aromatic heterocycles. The summed E-state index contributed by atoms with van der Waals surface area (Å²) >= 11 is 0. The first-order valence-corrected chi connectivity index (χ1v) is 16.4. The first-order chi connectivity index (χ1) is 20.5. The second kappa shape index (κ2) is 16.5. The number of fused-ring (bicyclic) bond motifs is 1. The number of hydrogen-bond donors (Lipinski definition) is 7. The SMILES string of the molecule is [2H]N1C(CCCCCC(=O)NCCCCCCNS(=O)(=O)c2cccc3c(N(C)C)cccc23)[C@H](O)[C@@H](O)[C@@H](O)[C@H]1CO. The van der Waals surface area contributed by atoms with Crippen molar-refractivity contribution in [2.24, 2.45) is 0 Å². The van der Waals surface area contributed by atoms with Gasteiger partial charge in [0.1, 0.15) is 7.52 Å². The zero-order valence-electron chi connectivity index (χ0n) is 25.7. The van der Waals surface area contributed by atoms with E-state index in [0.29, 0.717) is 57.0 Å². The third kappa shape index (κ3) is 9.34. The maximum Gasteiger partial charge on any atom is 0.241 e. The van der Waals surface area contributed by atoms with E-state index in [0.717, 1.165) is 35.6 Å². The number of carbonyl (C=O) groups is 1. The van der Waals surface area contributed by atoms with Gasteiger partial charge in [-0.3, -0.25) is 4.79 Å². The lowest BCUT2D eigenvalue weighted by atomic mass is 9.88. The number of rotatable bonds is 17. The van der Waals surface area contributed by atoms with E-state index in [1.807, 2.05) is 43.3 Å². The standard InChI is InChI=1S/C30H48N4O7S/c1-34(2)25-15-10-13-22-21(25)12-11-16-26(22)42(40,41)32-19-9-4-3-8-18-31-27(36)17-7-5-6-14-23-28(37)30(39)29(38)24(20-35)33-23/h10-13,15-16,23-24,28-30,32-33,35,37-39H,3-9,14,17-20H2,1-2H3,(H,31,36)/t23?,24-,28+,29+,30-/m1/s1/i/hD. The predicted octanol–water partition coefficient (Wildman–Crippen LogP) is 1.23. The highest BCUT2D eigenvalue weighted by Gasteiger charge is 2.41. The molecule has 1 amide bonds. The molecule has 1 fully saturated rings. The molecule has 3 rings (SSSR count). The number of hydrogen-bond acceptors (Lipinski definition) is 9. The smallest absolute Gasteiger partial charge is 0.241 e. The number of aliphatic hydroxyl groups is 4. The van der Waals surface area contributed by atoms with Gasteiger partial charge in [0.25, 0.3) is 0 Å². The molecule has 0 aliphatic carbocycles. The van der Waals surface area contributed by atoms with E-state index < -0.39 is 47.0 Å². The maximum absolute atomic E-state index is 13.0. The highest BCUT2D eigenvalue weighted by molar-refractivity contribution is 7.89. The van der Waals surface area contributed by atoms with Crippen LogP contribution in [-0.2, 0) is 14.8 Å². The lowest BCUT2D eigenvalue weighted by Gasteiger charge is -2.41. The minimum atomic E-state index is -3.65. The predicted molar refractivity (Wildman–Crippen MR) is 164 cm³/mol. The summed E-state index contributed by atoms with van der Waals surface area (Å²) in [4.78, 5) is 14.4. The average Bonchev–Trinajstić information content (AvgIpc) is 2.98. The third-order valence-corrected chi connectivity index (χ3v) is 9.33. The van der Waals surface area contributed by atoms with Gasteiger partial charge >= 0.3 is 0 Å². The minimum absolute atomic E-state index is 0.0426. The summed E-state index contributed by atoms with van der Waals surface area (Å²) in [6.07, 6.45) is 1.88. The normalized spacial score (nSPS) is 23.6. The Labute approximate surface area is 250 Å². The van der Waals surface area contributed by atoms with Gasteiger partial charge in [-0.2, -0.15) is 0 Å². The van der Waals surface area contributed by atoms with Crippen LogP contribution in [0.3, 0.4) is 0 Å². The summed E-state index contributed by atoms with van der Waals surface area (Å²) < 4.78 is 36.8. The van der Waals surface area contributed by atoms with E-state index >= 15 is 0 Å². The molecule has 12 heteroatoms. The number of nitrogens with one attached hydrogen (secondary N) is 3. The van der Waals surface area contributed by atoms with E-state index in [-0.39, 0.29) is 10.8 Å². The van der Waals surface area contributed by atoms with Crippen LogP contribution in [0.1, 0.15) is 57.8 Å². The summed E-state index contributed by atoms with van der Waals surface area (Å²) in [6, 6.07) is 9.31. The molecule has 1 heterocycles. The Hall–Kier alpha value is -2.32. The average molecular weight is 610 g/mol. The van der Waals surface area contributed by atoms with E-state index in [1.165, 1.54) is 0 Å². The first-order valence-electron chi connectivity index (χ1n) is 15.3. The van der Waals surface area contributed by atoms with Crippen LogP contribution in [0, 0.1) is 0 Å². The highest BCUT2D eigenvalue weighted by Crippen LogP contribution is 2.30. The molecule has 42 heavy (non-hydrogen) atoms. The van der Waals surface area contributed by atoms with Gasteiger partial charge in [0, 0.05) is 56.1 Å². The molecule has 7 N–H and O–H groups in total. The van der Waals surface area contributed by atoms with E-state index in [2.05, 4.69) is 10.0 Å². The largest absolute Gasteiger partial charge is 0.395 e. The van der Waals surface area contributed by atoms with Crippen molar-refractivity contribution in [3.63, 3.8) is 0 Å². The number of amides is 1. The molecule has 2 aromatic rings. The molecule has 5 atom stereocenters. The Balaban J connectivity index is 1.26. The molecule has 1 aliphatic heterocycles. The number of aliphatic hydroxyl groups excluding tert-OH is 4. The Kier molecular flexibility index (Phi) is 12.8. The summed E-state index contributed by atoms with van der Waals surface area (Å²) in [5.41, 5.74) is 0.958. The Morgan fingerprint density at radius 3 is 2.24 bits per heavy atom. The van der Waals surface area contributed by atoms with Crippen molar-refractivity contribution < 1.29 is 35.1 Å². The van der Waals surface area contributed by atoms with Crippen molar-refractivity contribution in [2.75, 3.05) is 38.7 Å². The van der Waals surface area contributed by atoms with Crippen LogP contribution in [0.25, 0.3) is 10.8 Å². The molecule has 1 aliphatic rings. The van der Waals surface area contributed by atoms with Gasteiger partial charge in [0.2, 0.25) is 15.9 Å². The van der Waals surface area contributed by atoms with Gasteiger partial charge in [-0.1, -0.05) is 49.9 Å². The Morgan fingerprint density at radius 2 is 1.52 bits per heavy atom. The Morgan fingerprint density at radius 1 is 0.881 bits per heavy atom. The highest BCUT2D eigenvalue weighted by atomic mass is 32.2. The van der Waals surface area contributed by atoms with Crippen molar-refractivity contribution in [3.8, 4) is 0 Å². The van der Waals surface area contributed by atoms with Crippen LogP contribution in [0.15, 0.2) is 41.3 Å². The van der Waals surface area contributed by atoms with Gasteiger partial charge in [0.05, 0.1) is 29.8 Å². The fourth-order valence-electron chi connectivity index (χ4n) is 5.39. The van der Waals surface area contributed by atoms with Crippen LogP contribution in [0.5, 0.6) is 0 Å². The van der Waals surface area contributed by atoms with Gasteiger partial charge in [-0.15, -0.1) is 0 Å². The van der Waals surface area contributed by atoms with Crippen LogP contribution in [-0.4, -0.2) is 98.9 Å². The molecule has 236 valence electrons. The topological polar surface area (TPSA) is 171 Å². The quantitative estimate of drug-likeness (QED) is 0.130. The number of unbranched alkanes of at least 4 members (excludes halogenated alkanes) is 5. The van der Waals surface area contributed by atoms with Crippen molar-refractivity contribution in [1.29, 1.82) is 0 Å². The van der Waals surface area contributed by atoms with E-state index in [4.69, 9.17) is 1.41 Å². The van der Waals surface area contributed by atoms with Crippen LogP contribution in [0.4, 0.5) is 5.69 Å². The van der Waals surface area contributed by atoms with Gasteiger partial charge in [0.15, 0.2) is 0 Å². The fraction of sp³-hybridized carbons (Fsp3) is 0.633. The number of carbonyl (C=O) groups excluding carboxylic acids is 1. The molecule has 1 saturated heterocycles. The third-order valence-electron chi connectivity index (χ3n) is 7.81. The molecular weight excluding hydrogens is 560 g/mol. The van der Waals surface area contributed by atoms with Crippen LogP contribution >= 0.6 is 0 Å². The maximum atomic E-state index is 13.0. The summed E-state index contributed by atoms with van der Waals surface area (Å²) in [5.74, 6) is -0.0426. The first kappa shape index (κ1) is 32.6. The number of benzene rings is 2. The molecule has 11 nitrogen and oxygen atoms in total. The minimum Gasteiger partial charge on any atom is -0.395 e. The molecule has 0 radical (unpaired) electrons.